The molecule has 0 saturated carbocycles. The Hall–Kier alpha value is -1.23. The lowest BCUT2D eigenvalue weighted by Crippen LogP contribution is -2.46. The largest absolute Gasteiger partial charge is 0.487 e. The Balaban J connectivity index is 2.12. The van der Waals surface area contributed by atoms with Crippen LogP contribution in [0.3, 0.4) is 0 Å². The molecule has 4 nitrogen and oxygen atoms in total. The quantitative estimate of drug-likeness (QED) is 0.916. The molecule has 1 aliphatic heterocycles. The number of hydrogen-bond acceptors (Lipinski definition) is 3. The van der Waals surface area contributed by atoms with Crippen LogP contribution in [0.1, 0.15) is 27.2 Å². The number of ether oxygens (including phenoxy) is 1. The predicted octanol–water partition coefficient (Wildman–Crippen LogP) is 2.95. The Bertz CT molecular complexity index is 493. The van der Waals surface area contributed by atoms with E-state index in [1.807, 2.05) is 32.0 Å². The van der Waals surface area contributed by atoms with Gasteiger partial charge in [0.1, 0.15) is 11.9 Å². The number of amides is 1. The molecular weight excluding hydrogens is 320 g/mol. The fraction of sp³-hybridized carbons (Fsp3) is 0.533. The molecule has 1 N–H and O–H groups in total. The summed E-state index contributed by atoms with van der Waals surface area (Å²) in [5, 5.41) is 3.00. The Morgan fingerprint density at radius 2 is 2.35 bits per heavy atom. The van der Waals surface area contributed by atoms with Crippen LogP contribution in [0, 0.1) is 0 Å². The van der Waals surface area contributed by atoms with E-state index in [-0.39, 0.29) is 18.1 Å². The number of nitrogens with zero attached hydrogens (tertiary/aromatic N) is 1. The molecule has 5 heteroatoms. The van der Waals surface area contributed by atoms with Crippen LogP contribution >= 0.6 is 15.9 Å². The lowest BCUT2D eigenvalue weighted by molar-refractivity contribution is -0.120. The minimum atomic E-state index is 0.0550. The maximum Gasteiger partial charge on any atom is 0.239 e. The van der Waals surface area contributed by atoms with E-state index >= 15 is 0 Å². The summed E-state index contributed by atoms with van der Waals surface area (Å²) in [6, 6.07) is 6.10. The molecule has 0 aromatic heterocycles. The van der Waals surface area contributed by atoms with E-state index in [0.717, 1.165) is 28.9 Å². The highest BCUT2D eigenvalue weighted by molar-refractivity contribution is 9.10. The van der Waals surface area contributed by atoms with Gasteiger partial charge >= 0.3 is 0 Å². The number of anilines is 1. The van der Waals surface area contributed by atoms with Crippen LogP contribution in [0.2, 0.25) is 0 Å². The summed E-state index contributed by atoms with van der Waals surface area (Å²) < 4.78 is 6.79. The normalized spacial score (nSPS) is 19.0. The number of halogens is 1. The van der Waals surface area contributed by atoms with Crippen molar-refractivity contribution >= 4 is 27.5 Å². The number of carbonyl (C=O) groups excluding carboxylic acids is 1. The van der Waals surface area contributed by atoms with Crippen LogP contribution in [-0.4, -0.2) is 31.1 Å². The summed E-state index contributed by atoms with van der Waals surface area (Å²) in [6.45, 7) is 7.18. The molecule has 1 aliphatic rings. The fourth-order valence-corrected chi connectivity index (χ4v) is 2.59. The lowest BCUT2D eigenvalue weighted by atomic mass is 10.2. The van der Waals surface area contributed by atoms with Gasteiger partial charge in [-0.05, 0) is 38.5 Å². The Morgan fingerprint density at radius 1 is 1.60 bits per heavy atom. The average molecular weight is 341 g/mol. The molecule has 0 aliphatic carbocycles. The first-order valence-electron chi connectivity index (χ1n) is 7.00. The van der Waals surface area contributed by atoms with E-state index in [9.17, 15) is 4.79 Å². The smallest absolute Gasteiger partial charge is 0.239 e. The molecule has 0 bridgehead atoms. The van der Waals surface area contributed by atoms with Crippen LogP contribution in [0.25, 0.3) is 0 Å². The Labute approximate surface area is 128 Å². The van der Waals surface area contributed by atoms with Crippen LogP contribution < -0.4 is 15.0 Å². The van der Waals surface area contributed by atoms with Gasteiger partial charge in [0, 0.05) is 10.5 Å². The molecule has 1 heterocycles. The van der Waals surface area contributed by atoms with Gasteiger partial charge in [-0.1, -0.05) is 22.9 Å². The van der Waals surface area contributed by atoms with Gasteiger partial charge in [0.2, 0.25) is 5.91 Å². The maximum absolute atomic E-state index is 12.1. The zero-order valence-corrected chi connectivity index (χ0v) is 13.7. The monoisotopic (exact) mass is 340 g/mol. The molecule has 0 saturated heterocycles. The van der Waals surface area contributed by atoms with E-state index in [4.69, 9.17) is 4.74 Å². The van der Waals surface area contributed by atoms with E-state index in [1.54, 1.807) is 0 Å². The number of rotatable bonds is 4. The number of benzene rings is 1. The summed E-state index contributed by atoms with van der Waals surface area (Å²) in [5.41, 5.74) is 0.969. The number of hydrogen-bond donors (Lipinski definition) is 1. The van der Waals surface area contributed by atoms with Crippen molar-refractivity contribution in [3.63, 3.8) is 0 Å². The predicted molar refractivity (Wildman–Crippen MR) is 84.3 cm³/mol. The molecule has 1 amide bonds. The highest BCUT2D eigenvalue weighted by Gasteiger charge is 2.24. The second-order valence-electron chi connectivity index (χ2n) is 5.30. The highest BCUT2D eigenvalue weighted by Crippen LogP contribution is 2.35. The third-order valence-corrected chi connectivity index (χ3v) is 3.91. The first-order chi connectivity index (χ1) is 9.49. The molecular formula is C15H21BrN2O2. The molecule has 0 spiro atoms. The van der Waals surface area contributed by atoms with Crippen LogP contribution in [-0.2, 0) is 4.79 Å². The van der Waals surface area contributed by atoms with Crippen LogP contribution in [0.4, 0.5) is 5.69 Å². The van der Waals surface area contributed by atoms with Crippen molar-refractivity contribution in [1.82, 2.24) is 5.32 Å². The van der Waals surface area contributed by atoms with Crippen molar-refractivity contribution in [3.8, 4) is 5.75 Å². The molecule has 1 aromatic carbocycles. The summed E-state index contributed by atoms with van der Waals surface area (Å²) in [6.07, 6.45) is 1.02. The lowest BCUT2D eigenvalue weighted by Gasteiger charge is -2.34. The molecule has 2 atom stereocenters. The number of fused-ring (bicyclic) bond motifs is 1. The van der Waals surface area contributed by atoms with Crippen molar-refractivity contribution in [1.29, 1.82) is 0 Å². The first kappa shape index (κ1) is 15.2. The molecule has 1 aromatic rings. The molecule has 2 rings (SSSR count). The molecule has 0 fully saturated rings. The number of carbonyl (C=O) groups is 1. The zero-order chi connectivity index (χ0) is 14.7. The Kier molecular flexibility index (Phi) is 4.91. The zero-order valence-electron chi connectivity index (χ0n) is 12.1. The van der Waals surface area contributed by atoms with E-state index < -0.39 is 0 Å². The van der Waals surface area contributed by atoms with E-state index in [0.29, 0.717) is 6.54 Å². The summed E-state index contributed by atoms with van der Waals surface area (Å²) in [7, 11) is 0. The molecule has 110 valence electrons. The molecule has 0 radical (unpaired) electrons. The van der Waals surface area contributed by atoms with Crippen LogP contribution in [0.15, 0.2) is 22.7 Å². The topological polar surface area (TPSA) is 41.6 Å². The standard InChI is InChI=1S/C15H21BrN2O2/c1-4-10(2)17-15(19)9-18-8-11(3)20-14-6-5-12(16)7-13(14)18/h5-7,10-11H,4,8-9H2,1-3H3,(H,17,19)/t10-,11+/m1/s1. The van der Waals surface area contributed by atoms with Gasteiger partial charge in [-0.25, -0.2) is 0 Å². The van der Waals surface area contributed by atoms with Gasteiger partial charge in [-0.2, -0.15) is 0 Å². The van der Waals surface area contributed by atoms with Crippen molar-refractivity contribution in [2.75, 3.05) is 18.0 Å². The van der Waals surface area contributed by atoms with Crippen molar-refractivity contribution in [2.45, 2.75) is 39.3 Å². The van der Waals surface area contributed by atoms with Crippen molar-refractivity contribution < 1.29 is 9.53 Å². The first-order valence-corrected chi connectivity index (χ1v) is 7.79. The third-order valence-electron chi connectivity index (χ3n) is 3.42. The fourth-order valence-electron chi connectivity index (χ4n) is 2.25. The summed E-state index contributed by atoms with van der Waals surface area (Å²) >= 11 is 3.47. The Morgan fingerprint density at radius 3 is 3.05 bits per heavy atom. The maximum atomic E-state index is 12.1. The number of nitrogens with one attached hydrogen (secondary N) is 1. The second kappa shape index (κ2) is 6.48. The second-order valence-corrected chi connectivity index (χ2v) is 6.21. The van der Waals surface area contributed by atoms with E-state index in [1.165, 1.54) is 0 Å². The van der Waals surface area contributed by atoms with Gasteiger partial charge in [0.25, 0.3) is 0 Å². The minimum Gasteiger partial charge on any atom is -0.487 e. The summed E-state index contributed by atoms with van der Waals surface area (Å²) in [4.78, 5) is 14.2. The molecule has 20 heavy (non-hydrogen) atoms. The van der Waals surface area contributed by atoms with Gasteiger partial charge < -0.3 is 15.0 Å². The minimum absolute atomic E-state index is 0.0550. The molecule has 0 unspecified atom stereocenters. The van der Waals surface area contributed by atoms with Gasteiger partial charge in [-0.15, -0.1) is 0 Å². The SMILES string of the molecule is CC[C@@H](C)NC(=O)CN1C[C@H](C)Oc2ccc(Br)cc21. The van der Waals surface area contributed by atoms with Gasteiger partial charge in [0.15, 0.2) is 0 Å². The van der Waals surface area contributed by atoms with Crippen molar-refractivity contribution in [2.24, 2.45) is 0 Å². The average Bonchev–Trinajstić information content (AvgIpc) is 2.39. The summed E-state index contributed by atoms with van der Waals surface area (Å²) in [5.74, 6) is 0.891. The van der Waals surface area contributed by atoms with Gasteiger partial charge in [-0.3, -0.25) is 4.79 Å². The van der Waals surface area contributed by atoms with Gasteiger partial charge in [0.05, 0.1) is 18.8 Å². The van der Waals surface area contributed by atoms with Crippen molar-refractivity contribution in [3.05, 3.63) is 22.7 Å². The van der Waals surface area contributed by atoms with E-state index in [2.05, 4.69) is 33.1 Å². The van der Waals surface area contributed by atoms with Crippen LogP contribution in [0.5, 0.6) is 5.75 Å². The third kappa shape index (κ3) is 3.66. The highest BCUT2D eigenvalue weighted by atomic mass is 79.9.